The molecule has 0 radical (unpaired) electrons. The molecule has 0 aliphatic heterocycles. The van der Waals surface area contributed by atoms with Crippen molar-refractivity contribution in [2.75, 3.05) is 0 Å². The minimum Gasteiger partial charge on any atom is -0.258 e. The minimum absolute atomic E-state index is 0.756. The zero-order valence-electron chi connectivity index (χ0n) is 9.34. The van der Waals surface area contributed by atoms with Crippen molar-refractivity contribution in [3.05, 3.63) is 47.3 Å². The second kappa shape index (κ2) is 4.14. The van der Waals surface area contributed by atoms with Crippen molar-refractivity contribution >= 4 is 11.3 Å². The van der Waals surface area contributed by atoms with Gasteiger partial charge in [-0.25, -0.2) is 4.98 Å². The fraction of sp³-hybridized carbons (Fsp3) is 0.0769. The topological polar surface area (TPSA) is 41.6 Å². The lowest BCUT2D eigenvalue weighted by atomic mass is 10.1. The number of thiophene rings is 1. The summed E-state index contributed by atoms with van der Waals surface area (Å²) in [5.41, 5.74) is 2.26. The SMILES string of the molecule is Cc1ccccc1-c1n[nH]c(-c2cccs2)n1. The van der Waals surface area contributed by atoms with Crippen molar-refractivity contribution in [3.63, 3.8) is 0 Å². The predicted molar refractivity (Wildman–Crippen MR) is 69.9 cm³/mol. The van der Waals surface area contributed by atoms with E-state index in [-0.39, 0.29) is 0 Å². The van der Waals surface area contributed by atoms with E-state index in [1.54, 1.807) is 11.3 Å². The van der Waals surface area contributed by atoms with Gasteiger partial charge in [-0.05, 0) is 23.9 Å². The highest BCUT2D eigenvalue weighted by molar-refractivity contribution is 7.13. The molecule has 0 atom stereocenters. The Kier molecular flexibility index (Phi) is 2.49. The Labute approximate surface area is 103 Å². The number of nitrogens with zero attached hydrogens (tertiary/aromatic N) is 2. The van der Waals surface area contributed by atoms with Crippen LogP contribution in [0.5, 0.6) is 0 Å². The molecule has 2 heterocycles. The van der Waals surface area contributed by atoms with Crippen molar-refractivity contribution in [1.29, 1.82) is 0 Å². The number of hydrogen-bond donors (Lipinski definition) is 1. The number of benzene rings is 1. The van der Waals surface area contributed by atoms with Crippen molar-refractivity contribution in [2.24, 2.45) is 0 Å². The molecule has 0 amide bonds. The van der Waals surface area contributed by atoms with Gasteiger partial charge in [-0.2, -0.15) is 5.10 Å². The molecule has 0 spiro atoms. The number of rotatable bonds is 2. The van der Waals surface area contributed by atoms with Gasteiger partial charge in [0.2, 0.25) is 0 Å². The summed E-state index contributed by atoms with van der Waals surface area (Å²) in [5, 5.41) is 9.29. The highest BCUT2D eigenvalue weighted by atomic mass is 32.1. The quantitative estimate of drug-likeness (QED) is 0.746. The van der Waals surface area contributed by atoms with Gasteiger partial charge in [0.25, 0.3) is 0 Å². The molecule has 2 aromatic heterocycles. The molecule has 1 aromatic carbocycles. The van der Waals surface area contributed by atoms with E-state index in [2.05, 4.69) is 28.2 Å². The summed E-state index contributed by atoms with van der Waals surface area (Å²) in [6.45, 7) is 2.07. The molecule has 0 saturated carbocycles. The van der Waals surface area contributed by atoms with Crippen molar-refractivity contribution in [2.45, 2.75) is 6.92 Å². The van der Waals surface area contributed by atoms with E-state index < -0.39 is 0 Å². The number of aromatic amines is 1. The summed E-state index contributed by atoms with van der Waals surface area (Å²) in [4.78, 5) is 5.64. The van der Waals surface area contributed by atoms with Crippen LogP contribution in [0.4, 0.5) is 0 Å². The molecule has 3 rings (SSSR count). The third-order valence-corrected chi connectivity index (χ3v) is 3.50. The fourth-order valence-corrected chi connectivity index (χ4v) is 2.39. The van der Waals surface area contributed by atoms with Gasteiger partial charge in [0.05, 0.1) is 4.88 Å². The lowest BCUT2D eigenvalue weighted by Crippen LogP contribution is -1.84. The monoisotopic (exact) mass is 241 g/mol. The first-order chi connectivity index (χ1) is 8.34. The van der Waals surface area contributed by atoms with Crippen LogP contribution in [0.15, 0.2) is 41.8 Å². The van der Waals surface area contributed by atoms with E-state index in [1.165, 1.54) is 5.56 Å². The van der Waals surface area contributed by atoms with Crippen LogP contribution in [0.25, 0.3) is 22.1 Å². The third-order valence-electron chi connectivity index (χ3n) is 2.63. The Morgan fingerprint density at radius 3 is 2.76 bits per heavy atom. The highest BCUT2D eigenvalue weighted by Gasteiger charge is 2.09. The van der Waals surface area contributed by atoms with E-state index >= 15 is 0 Å². The highest BCUT2D eigenvalue weighted by Crippen LogP contribution is 2.24. The molecule has 0 aliphatic carbocycles. The average molecular weight is 241 g/mol. The van der Waals surface area contributed by atoms with Gasteiger partial charge in [0.1, 0.15) is 0 Å². The van der Waals surface area contributed by atoms with E-state index in [0.29, 0.717) is 0 Å². The van der Waals surface area contributed by atoms with E-state index in [9.17, 15) is 0 Å². The largest absolute Gasteiger partial charge is 0.258 e. The molecule has 17 heavy (non-hydrogen) atoms. The van der Waals surface area contributed by atoms with Gasteiger partial charge >= 0.3 is 0 Å². The Hall–Kier alpha value is -1.94. The molecule has 0 unspecified atom stereocenters. The van der Waals surface area contributed by atoms with Gasteiger partial charge in [-0.1, -0.05) is 30.3 Å². The fourth-order valence-electron chi connectivity index (χ4n) is 1.73. The molecule has 84 valence electrons. The number of aryl methyl sites for hydroxylation is 1. The number of aromatic nitrogens is 3. The maximum atomic E-state index is 4.53. The summed E-state index contributed by atoms with van der Waals surface area (Å²) in [7, 11) is 0. The van der Waals surface area contributed by atoms with Crippen molar-refractivity contribution < 1.29 is 0 Å². The Morgan fingerprint density at radius 2 is 2.00 bits per heavy atom. The van der Waals surface area contributed by atoms with E-state index in [1.807, 2.05) is 35.7 Å². The summed E-state index contributed by atoms with van der Waals surface area (Å²) in [5.74, 6) is 1.59. The second-order valence-electron chi connectivity index (χ2n) is 3.80. The average Bonchev–Trinajstić information content (AvgIpc) is 3.00. The maximum absolute atomic E-state index is 4.53. The number of nitrogens with one attached hydrogen (secondary N) is 1. The van der Waals surface area contributed by atoms with Crippen LogP contribution in [-0.4, -0.2) is 15.2 Å². The minimum atomic E-state index is 0.756. The Balaban J connectivity index is 2.04. The lowest BCUT2D eigenvalue weighted by molar-refractivity contribution is 1.10. The van der Waals surface area contributed by atoms with Crippen LogP contribution in [0, 0.1) is 6.92 Å². The van der Waals surface area contributed by atoms with Crippen LogP contribution in [0.2, 0.25) is 0 Å². The predicted octanol–water partition coefficient (Wildman–Crippen LogP) is 3.51. The van der Waals surface area contributed by atoms with E-state index in [0.717, 1.165) is 22.1 Å². The second-order valence-corrected chi connectivity index (χ2v) is 4.75. The number of H-pyrrole nitrogens is 1. The zero-order chi connectivity index (χ0) is 11.7. The molecule has 0 saturated heterocycles. The van der Waals surface area contributed by atoms with Crippen LogP contribution in [-0.2, 0) is 0 Å². The van der Waals surface area contributed by atoms with Gasteiger partial charge in [0.15, 0.2) is 11.6 Å². The summed E-state index contributed by atoms with van der Waals surface area (Å²) in [6, 6.07) is 12.2. The van der Waals surface area contributed by atoms with E-state index in [4.69, 9.17) is 0 Å². The molecular formula is C13H11N3S. The maximum Gasteiger partial charge on any atom is 0.181 e. The van der Waals surface area contributed by atoms with Gasteiger partial charge in [0, 0.05) is 5.56 Å². The summed E-state index contributed by atoms with van der Waals surface area (Å²) >= 11 is 1.65. The first-order valence-corrected chi connectivity index (χ1v) is 6.25. The first-order valence-electron chi connectivity index (χ1n) is 5.37. The third kappa shape index (κ3) is 1.87. The smallest absolute Gasteiger partial charge is 0.181 e. The van der Waals surface area contributed by atoms with Gasteiger partial charge in [-0.15, -0.1) is 11.3 Å². The Morgan fingerprint density at radius 1 is 1.12 bits per heavy atom. The summed E-state index contributed by atoms with van der Waals surface area (Å²) in [6.07, 6.45) is 0. The van der Waals surface area contributed by atoms with Crippen LogP contribution in [0.3, 0.4) is 0 Å². The normalized spacial score (nSPS) is 10.6. The molecule has 4 heteroatoms. The molecule has 0 fully saturated rings. The van der Waals surface area contributed by atoms with Gasteiger partial charge in [-0.3, -0.25) is 5.10 Å². The number of hydrogen-bond acceptors (Lipinski definition) is 3. The molecular weight excluding hydrogens is 230 g/mol. The molecule has 3 nitrogen and oxygen atoms in total. The molecule has 0 aliphatic rings. The zero-order valence-corrected chi connectivity index (χ0v) is 10.2. The first kappa shape index (κ1) is 10.2. The van der Waals surface area contributed by atoms with Crippen molar-refractivity contribution in [3.8, 4) is 22.1 Å². The standard InChI is InChI=1S/C13H11N3S/c1-9-5-2-3-6-10(9)12-14-13(16-15-12)11-7-4-8-17-11/h2-8H,1H3,(H,14,15,16). The Bertz CT molecular complexity index is 626. The molecule has 1 N–H and O–H groups in total. The lowest BCUT2D eigenvalue weighted by Gasteiger charge is -1.98. The van der Waals surface area contributed by atoms with Crippen LogP contribution in [0.1, 0.15) is 5.56 Å². The molecule has 3 aromatic rings. The van der Waals surface area contributed by atoms with Crippen molar-refractivity contribution in [1.82, 2.24) is 15.2 Å². The van der Waals surface area contributed by atoms with Crippen LogP contribution >= 0.6 is 11.3 Å². The van der Waals surface area contributed by atoms with Crippen LogP contribution < -0.4 is 0 Å². The van der Waals surface area contributed by atoms with Gasteiger partial charge < -0.3 is 0 Å². The molecule has 0 bridgehead atoms. The summed E-state index contributed by atoms with van der Waals surface area (Å²) < 4.78 is 0.